The molecule has 1 N–H and O–H groups in total. The van der Waals surface area contributed by atoms with Crippen LogP contribution < -0.4 is 4.72 Å². The predicted octanol–water partition coefficient (Wildman–Crippen LogP) is 0.506. The quantitative estimate of drug-likeness (QED) is 0.656. The molecule has 1 rings (SSSR count). The third-order valence-electron chi connectivity index (χ3n) is 3.61. The lowest BCUT2D eigenvalue weighted by Crippen LogP contribution is -2.41. The van der Waals surface area contributed by atoms with Gasteiger partial charge in [-0.3, -0.25) is 4.79 Å². The zero-order valence-corrected chi connectivity index (χ0v) is 12.0. The molecule has 1 aliphatic rings. The molecule has 0 aliphatic heterocycles. The van der Waals surface area contributed by atoms with E-state index in [9.17, 15) is 13.2 Å². The highest BCUT2D eigenvalue weighted by Crippen LogP contribution is 2.47. The fourth-order valence-corrected chi connectivity index (χ4v) is 2.70. The monoisotopic (exact) mass is 278 g/mol. The predicted molar refractivity (Wildman–Crippen MR) is 68.1 cm³/mol. The number of hydrogen-bond donors (Lipinski definition) is 1. The standard InChI is InChI=1S/C11H22N2O4S/c1-4-11(6-7-11)9-12-18(15,16)13(2)8-5-10(14)17-3/h12H,4-9H2,1-3H3. The van der Waals surface area contributed by atoms with Gasteiger partial charge in [0.2, 0.25) is 0 Å². The van der Waals surface area contributed by atoms with Gasteiger partial charge in [0.1, 0.15) is 0 Å². The van der Waals surface area contributed by atoms with E-state index in [2.05, 4.69) is 16.4 Å². The summed E-state index contributed by atoms with van der Waals surface area (Å²) in [5.41, 5.74) is 0.163. The van der Waals surface area contributed by atoms with Gasteiger partial charge in [-0.15, -0.1) is 0 Å². The minimum absolute atomic E-state index is 0.0623. The number of ether oxygens (including phenoxy) is 1. The Labute approximate surface area is 109 Å². The van der Waals surface area contributed by atoms with E-state index in [-0.39, 0.29) is 18.4 Å². The average molecular weight is 278 g/mol. The van der Waals surface area contributed by atoms with E-state index in [1.54, 1.807) is 0 Å². The molecule has 106 valence electrons. The normalized spacial score (nSPS) is 17.8. The van der Waals surface area contributed by atoms with Crippen molar-refractivity contribution >= 4 is 16.2 Å². The van der Waals surface area contributed by atoms with E-state index >= 15 is 0 Å². The second-order valence-corrected chi connectivity index (χ2v) is 6.69. The largest absolute Gasteiger partial charge is 0.469 e. The number of nitrogens with zero attached hydrogens (tertiary/aromatic N) is 1. The zero-order chi connectivity index (χ0) is 13.8. The third kappa shape index (κ3) is 4.22. The number of nitrogens with one attached hydrogen (secondary N) is 1. The van der Waals surface area contributed by atoms with Crippen molar-refractivity contribution in [1.29, 1.82) is 0 Å². The van der Waals surface area contributed by atoms with Crippen molar-refractivity contribution in [1.82, 2.24) is 9.03 Å². The molecule has 1 saturated carbocycles. The highest BCUT2D eigenvalue weighted by atomic mass is 32.2. The summed E-state index contributed by atoms with van der Waals surface area (Å²) >= 11 is 0. The molecule has 7 heteroatoms. The smallest absolute Gasteiger partial charge is 0.306 e. The van der Waals surface area contributed by atoms with Crippen molar-refractivity contribution < 1.29 is 17.9 Å². The Balaban J connectivity index is 2.40. The summed E-state index contributed by atoms with van der Waals surface area (Å²) in [4.78, 5) is 11.0. The van der Waals surface area contributed by atoms with Gasteiger partial charge in [-0.1, -0.05) is 6.92 Å². The Bertz CT molecular complexity index is 390. The summed E-state index contributed by atoms with van der Waals surface area (Å²) < 4.78 is 32.0. The maximum absolute atomic E-state index is 11.9. The van der Waals surface area contributed by atoms with Gasteiger partial charge in [0.15, 0.2) is 0 Å². The minimum Gasteiger partial charge on any atom is -0.469 e. The van der Waals surface area contributed by atoms with Crippen LogP contribution in [-0.2, 0) is 19.7 Å². The van der Waals surface area contributed by atoms with E-state index in [0.717, 1.165) is 23.6 Å². The molecule has 0 heterocycles. The number of rotatable bonds is 8. The van der Waals surface area contributed by atoms with Crippen LogP contribution in [0, 0.1) is 5.41 Å². The van der Waals surface area contributed by atoms with E-state index in [1.807, 2.05) is 0 Å². The first-order chi connectivity index (χ1) is 8.35. The summed E-state index contributed by atoms with van der Waals surface area (Å²) in [5, 5.41) is 0. The number of methoxy groups -OCH3 is 1. The molecule has 0 aromatic carbocycles. The minimum atomic E-state index is -3.49. The van der Waals surface area contributed by atoms with Crippen LogP contribution in [0.3, 0.4) is 0 Å². The molecule has 0 spiro atoms. The number of carbonyl (C=O) groups excluding carboxylic acids is 1. The Morgan fingerprint density at radius 3 is 2.50 bits per heavy atom. The van der Waals surface area contributed by atoms with Gasteiger partial charge in [-0.05, 0) is 24.7 Å². The van der Waals surface area contributed by atoms with Crippen molar-refractivity contribution in [3.05, 3.63) is 0 Å². The molecule has 0 amide bonds. The van der Waals surface area contributed by atoms with Gasteiger partial charge in [0, 0.05) is 20.1 Å². The van der Waals surface area contributed by atoms with Gasteiger partial charge in [0.05, 0.1) is 13.5 Å². The maximum atomic E-state index is 11.9. The highest BCUT2D eigenvalue weighted by molar-refractivity contribution is 7.87. The second kappa shape index (κ2) is 5.99. The summed E-state index contributed by atoms with van der Waals surface area (Å²) in [6.45, 7) is 2.68. The number of carbonyl (C=O) groups is 1. The van der Waals surface area contributed by atoms with Crippen LogP contribution in [-0.4, -0.2) is 45.9 Å². The first-order valence-electron chi connectivity index (χ1n) is 6.13. The van der Waals surface area contributed by atoms with Crippen molar-refractivity contribution in [3.63, 3.8) is 0 Å². The fourth-order valence-electron chi connectivity index (χ4n) is 1.66. The molecule has 6 nitrogen and oxygen atoms in total. The molecule has 0 aromatic rings. The highest BCUT2D eigenvalue weighted by Gasteiger charge is 2.41. The van der Waals surface area contributed by atoms with Gasteiger partial charge >= 0.3 is 5.97 Å². The first kappa shape index (κ1) is 15.4. The SMILES string of the molecule is CCC1(CNS(=O)(=O)N(C)CCC(=O)OC)CC1. The third-order valence-corrected chi connectivity index (χ3v) is 5.12. The van der Waals surface area contributed by atoms with Gasteiger partial charge in [-0.2, -0.15) is 12.7 Å². The summed E-state index contributed by atoms with van der Waals surface area (Å²) in [6.07, 6.45) is 3.21. The maximum Gasteiger partial charge on any atom is 0.306 e. The fraction of sp³-hybridized carbons (Fsp3) is 0.909. The molecule has 0 radical (unpaired) electrons. The van der Waals surface area contributed by atoms with Crippen LogP contribution in [0.1, 0.15) is 32.6 Å². The lowest BCUT2D eigenvalue weighted by Gasteiger charge is -2.19. The van der Waals surface area contributed by atoms with E-state index in [4.69, 9.17) is 0 Å². The van der Waals surface area contributed by atoms with E-state index < -0.39 is 16.2 Å². The molecule has 0 saturated heterocycles. The van der Waals surface area contributed by atoms with Crippen LogP contribution in [0.4, 0.5) is 0 Å². The molecular formula is C11H22N2O4S. The average Bonchev–Trinajstić information content (AvgIpc) is 3.13. The summed E-state index contributed by atoms with van der Waals surface area (Å²) in [5.74, 6) is -0.413. The lowest BCUT2D eigenvalue weighted by atomic mass is 10.1. The van der Waals surface area contributed by atoms with Gasteiger partial charge in [0.25, 0.3) is 10.2 Å². The number of esters is 1. The molecule has 0 unspecified atom stereocenters. The molecular weight excluding hydrogens is 256 g/mol. The molecule has 0 aromatic heterocycles. The van der Waals surface area contributed by atoms with Crippen molar-refractivity contribution in [2.75, 3.05) is 27.2 Å². The Hall–Kier alpha value is -0.660. The Morgan fingerprint density at radius 2 is 2.06 bits per heavy atom. The summed E-state index contributed by atoms with van der Waals surface area (Å²) in [7, 11) is -0.752. The molecule has 0 atom stereocenters. The van der Waals surface area contributed by atoms with Crippen molar-refractivity contribution in [2.24, 2.45) is 5.41 Å². The van der Waals surface area contributed by atoms with Crippen molar-refractivity contribution in [3.8, 4) is 0 Å². The number of hydrogen-bond acceptors (Lipinski definition) is 4. The molecule has 1 aliphatic carbocycles. The zero-order valence-electron chi connectivity index (χ0n) is 11.2. The topological polar surface area (TPSA) is 75.7 Å². The van der Waals surface area contributed by atoms with Crippen LogP contribution >= 0.6 is 0 Å². The van der Waals surface area contributed by atoms with Crippen LogP contribution in [0.15, 0.2) is 0 Å². The molecule has 18 heavy (non-hydrogen) atoms. The van der Waals surface area contributed by atoms with Crippen molar-refractivity contribution in [2.45, 2.75) is 32.6 Å². The summed E-state index contributed by atoms with van der Waals surface area (Å²) in [6, 6.07) is 0. The van der Waals surface area contributed by atoms with Crippen LogP contribution in [0.2, 0.25) is 0 Å². The molecule has 1 fully saturated rings. The van der Waals surface area contributed by atoms with Gasteiger partial charge < -0.3 is 4.74 Å². The lowest BCUT2D eigenvalue weighted by molar-refractivity contribution is -0.140. The van der Waals surface area contributed by atoms with Crippen LogP contribution in [0.25, 0.3) is 0 Å². The van der Waals surface area contributed by atoms with Gasteiger partial charge in [-0.25, -0.2) is 4.72 Å². The van der Waals surface area contributed by atoms with E-state index in [0.29, 0.717) is 6.54 Å². The van der Waals surface area contributed by atoms with Crippen LogP contribution in [0.5, 0.6) is 0 Å². The Morgan fingerprint density at radius 1 is 1.44 bits per heavy atom. The van der Waals surface area contributed by atoms with E-state index in [1.165, 1.54) is 14.2 Å². The Kier molecular flexibility index (Phi) is 5.12. The molecule has 0 bridgehead atoms. The first-order valence-corrected chi connectivity index (χ1v) is 7.57. The second-order valence-electron chi connectivity index (χ2n) is 4.83.